The predicted molar refractivity (Wildman–Crippen MR) is 77.8 cm³/mol. The van der Waals surface area contributed by atoms with Gasteiger partial charge in [-0.05, 0) is 24.3 Å². The molecule has 2 aromatic heterocycles. The highest BCUT2D eigenvalue weighted by Crippen LogP contribution is 2.32. The van der Waals surface area contributed by atoms with Gasteiger partial charge in [-0.3, -0.25) is 4.79 Å². The fraction of sp³-hybridized carbons (Fsp3) is 0.0667. The second-order valence-corrected chi connectivity index (χ2v) is 4.46. The number of pyridine rings is 1. The van der Waals surface area contributed by atoms with Crippen LogP contribution >= 0.6 is 0 Å². The summed E-state index contributed by atoms with van der Waals surface area (Å²) in [6.45, 7) is 0. The van der Waals surface area contributed by atoms with Gasteiger partial charge in [-0.2, -0.15) is 10.2 Å². The SMILES string of the molecule is N#CCC(=O)Nc1ccc(-c2nc3ncccc3o2)c(O)c1. The number of rotatable bonds is 3. The number of nitrogens with zero attached hydrogens (tertiary/aromatic N) is 3. The number of nitrogens with one attached hydrogen (secondary N) is 1. The zero-order valence-electron chi connectivity index (χ0n) is 11.3. The number of carbonyl (C=O) groups excluding carboxylic acids is 1. The molecule has 0 radical (unpaired) electrons. The topological polar surface area (TPSA) is 112 Å². The van der Waals surface area contributed by atoms with Crippen molar-refractivity contribution in [3.8, 4) is 23.3 Å². The van der Waals surface area contributed by atoms with Crippen LogP contribution in [0.5, 0.6) is 5.75 Å². The van der Waals surface area contributed by atoms with E-state index in [0.717, 1.165) is 0 Å². The van der Waals surface area contributed by atoms with E-state index in [1.165, 1.54) is 6.07 Å². The highest BCUT2D eigenvalue weighted by Gasteiger charge is 2.13. The highest BCUT2D eigenvalue weighted by molar-refractivity contribution is 5.92. The number of phenolic OH excluding ortho intramolecular Hbond substituents is 1. The lowest BCUT2D eigenvalue weighted by atomic mass is 10.1. The molecule has 2 heterocycles. The van der Waals surface area contributed by atoms with Gasteiger partial charge in [0.25, 0.3) is 0 Å². The lowest BCUT2D eigenvalue weighted by Crippen LogP contribution is -2.09. The Morgan fingerprint density at radius 3 is 3.00 bits per heavy atom. The quantitative estimate of drug-likeness (QED) is 0.767. The Morgan fingerprint density at radius 1 is 1.41 bits per heavy atom. The van der Waals surface area contributed by atoms with Crippen LogP contribution in [0.1, 0.15) is 6.42 Å². The summed E-state index contributed by atoms with van der Waals surface area (Å²) in [7, 11) is 0. The zero-order chi connectivity index (χ0) is 15.5. The van der Waals surface area contributed by atoms with Gasteiger partial charge in [0.15, 0.2) is 11.2 Å². The van der Waals surface area contributed by atoms with Gasteiger partial charge in [0, 0.05) is 18.0 Å². The molecule has 3 rings (SSSR count). The Bertz CT molecular complexity index is 862. The average Bonchev–Trinajstić information content (AvgIpc) is 2.91. The molecule has 108 valence electrons. The monoisotopic (exact) mass is 294 g/mol. The van der Waals surface area contributed by atoms with Crippen molar-refractivity contribution in [1.82, 2.24) is 9.97 Å². The van der Waals surface area contributed by atoms with Crippen molar-refractivity contribution in [2.24, 2.45) is 0 Å². The van der Waals surface area contributed by atoms with Gasteiger partial charge in [0.05, 0.1) is 11.6 Å². The molecule has 0 saturated heterocycles. The lowest BCUT2D eigenvalue weighted by Gasteiger charge is -2.05. The molecule has 0 unspecified atom stereocenters. The van der Waals surface area contributed by atoms with Crippen molar-refractivity contribution in [1.29, 1.82) is 5.26 Å². The molecule has 0 spiro atoms. The van der Waals surface area contributed by atoms with Gasteiger partial charge >= 0.3 is 0 Å². The van der Waals surface area contributed by atoms with E-state index in [9.17, 15) is 9.90 Å². The van der Waals surface area contributed by atoms with Crippen LogP contribution in [0.25, 0.3) is 22.7 Å². The van der Waals surface area contributed by atoms with Gasteiger partial charge in [-0.25, -0.2) is 4.98 Å². The molecular weight excluding hydrogens is 284 g/mol. The largest absolute Gasteiger partial charge is 0.507 e. The van der Waals surface area contributed by atoms with Crippen molar-refractivity contribution in [3.63, 3.8) is 0 Å². The fourth-order valence-electron chi connectivity index (χ4n) is 1.95. The predicted octanol–water partition coefficient (Wildman–Crippen LogP) is 2.45. The third-order valence-electron chi connectivity index (χ3n) is 2.92. The summed E-state index contributed by atoms with van der Waals surface area (Å²) >= 11 is 0. The van der Waals surface area contributed by atoms with Crippen LogP contribution in [0.4, 0.5) is 5.69 Å². The number of carbonyl (C=O) groups is 1. The molecule has 0 aliphatic rings. The van der Waals surface area contributed by atoms with E-state index >= 15 is 0 Å². The number of amides is 1. The van der Waals surface area contributed by atoms with Crippen LogP contribution in [-0.2, 0) is 4.79 Å². The maximum absolute atomic E-state index is 11.3. The molecule has 0 bridgehead atoms. The average molecular weight is 294 g/mol. The molecule has 3 aromatic rings. The third-order valence-corrected chi connectivity index (χ3v) is 2.92. The minimum atomic E-state index is -0.444. The minimum absolute atomic E-state index is 0.0960. The highest BCUT2D eigenvalue weighted by atomic mass is 16.4. The third kappa shape index (κ3) is 2.58. The Hall–Kier alpha value is -3.40. The van der Waals surface area contributed by atoms with Crippen molar-refractivity contribution in [2.75, 3.05) is 5.32 Å². The van der Waals surface area contributed by atoms with E-state index in [0.29, 0.717) is 22.5 Å². The first-order valence-corrected chi connectivity index (χ1v) is 6.39. The number of nitriles is 1. The molecule has 0 aliphatic carbocycles. The Morgan fingerprint density at radius 2 is 2.27 bits per heavy atom. The van der Waals surface area contributed by atoms with E-state index in [-0.39, 0.29) is 18.1 Å². The van der Waals surface area contributed by atoms with Gasteiger partial charge in [0.1, 0.15) is 12.2 Å². The fourth-order valence-corrected chi connectivity index (χ4v) is 1.95. The number of aromatic nitrogens is 2. The molecule has 0 saturated carbocycles. The zero-order valence-corrected chi connectivity index (χ0v) is 11.3. The maximum atomic E-state index is 11.3. The number of aromatic hydroxyl groups is 1. The van der Waals surface area contributed by atoms with Gasteiger partial charge in [-0.1, -0.05) is 0 Å². The summed E-state index contributed by atoms with van der Waals surface area (Å²) in [5.41, 5.74) is 1.73. The van der Waals surface area contributed by atoms with Crippen molar-refractivity contribution in [3.05, 3.63) is 36.5 Å². The van der Waals surface area contributed by atoms with Crippen LogP contribution in [-0.4, -0.2) is 21.0 Å². The Labute approximate surface area is 124 Å². The molecule has 0 fully saturated rings. The normalized spacial score (nSPS) is 10.3. The van der Waals surface area contributed by atoms with E-state index in [1.54, 1.807) is 36.5 Å². The van der Waals surface area contributed by atoms with Crippen molar-refractivity contribution >= 4 is 22.8 Å². The van der Waals surface area contributed by atoms with Crippen molar-refractivity contribution in [2.45, 2.75) is 6.42 Å². The second kappa shape index (κ2) is 5.54. The number of hydrogen-bond donors (Lipinski definition) is 2. The summed E-state index contributed by atoms with van der Waals surface area (Å²) in [5, 5.41) is 21.0. The summed E-state index contributed by atoms with van der Waals surface area (Å²) in [4.78, 5) is 19.6. The molecule has 0 aliphatic heterocycles. The molecule has 0 atom stereocenters. The van der Waals surface area contributed by atoms with Crippen LogP contribution in [0, 0.1) is 11.3 Å². The number of hydrogen-bond acceptors (Lipinski definition) is 6. The molecule has 1 aromatic carbocycles. The number of phenols is 1. The van der Waals surface area contributed by atoms with Crippen LogP contribution in [0.3, 0.4) is 0 Å². The summed E-state index contributed by atoms with van der Waals surface area (Å²) in [6, 6.07) is 9.73. The Balaban J connectivity index is 1.92. The first-order valence-electron chi connectivity index (χ1n) is 6.39. The van der Waals surface area contributed by atoms with Gasteiger partial charge in [-0.15, -0.1) is 0 Å². The van der Waals surface area contributed by atoms with Gasteiger partial charge < -0.3 is 14.8 Å². The first-order chi connectivity index (χ1) is 10.7. The van der Waals surface area contributed by atoms with E-state index in [2.05, 4.69) is 15.3 Å². The summed E-state index contributed by atoms with van der Waals surface area (Å²) in [5.74, 6) is -0.303. The molecule has 22 heavy (non-hydrogen) atoms. The number of fused-ring (bicyclic) bond motifs is 1. The van der Waals surface area contributed by atoms with Crippen LogP contribution in [0.2, 0.25) is 0 Å². The number of anilines is 1. The number of benzene rings is 1. The molecule has 1 amide bonds. The number of oxazole rings is 1. The van der Waals surface area contributed by atoms with Gasteiger partial charge in [0.2, 0.25) is 11.8 Å². The second-order valence-electron chi connectivity index (χ2n) is 4.46. The van der Waals surface area contributed by atoms with Crippen molar-refractivity contribution < 1.29 is 14.3 Å². The summed E-state index contributed by atoms with van der Waals surface area (Å²) < 4.78 is 5.53. The summed E-state index contributed by atoms with van der Waals surface area (Å²) in [6.07, 6.45) is 1.35. The van der Waals surface area contributed by atoms with E-state index < -0.39 is 5.91 Å². The maximum Gasteiger partial charge on any atom is 0.238 e. The van der Waals surface area contributed by atoms with E-state index in [1.807, 2.05) is 0 Å². The first kappa shape index (κ1) is 13.6. The molecular formula is C15H10N4O3. The minimum Gasteiger partial charge on any atom is -0.507 e. The molecule has 7 nitrogen and oxygen atoms in total. The van der Waals surface area contributed by atoms with Crippen LogP contribution in [0.15, 0.2) is 40.9 Å². The van der Waals surface area contributed by atoms with E-state index in [4.69, 9.17) is 9.68 Å². The van der Waals surface area contributed by atoms with Crippen LogP contribution < -0.4 is 5.32 Å². The molecule has 2 N–H and O–H groups in total. The lowest BCUT2D eigenvalue weighted by molar-refractivity contribution is -0.115. The Kier molecular flexibility index (Phi) is 3.42. The smallest absolute Gasteiger partial charge is 0.238 e. The molecule has 7 heteroatoms. The standard InChI is InChI=1S/C15H10N4O3/c16-6-5-13(21)18-9-3-4-10(11(20)8-9)15-19-14-12(22-15)2-1-7-17-14/h1-4,7-8,20H,5H2,(H,18,21).